The Labute approximate surface area is 123 Å². The van der Waals surface area contributed by atoms with Crippen LogP contribution in [0.1, 0.15) is 44.5 Å². The molecule has 0 bridgehead atoms. The number of thiophene rings is 1. The zero-order valence-corrected chi connectivity index (χ0v) is 12.9. The molecule has 1 rings (SSSR count). The quantitative estimate of drug-likeness (QED) is 0.687. The highest BCUT2D eigenvalue weighted by Gasteiger charge is 2.34. The summed E-state index contributed by atoms with van der Waals surface area (Å²) in [4.78, 5) is 24.3. The van der Waals surface area contributed by atoms with E-state index in [0.29, 0.717) is 12.8 Å². The number of hydrogen-bond acceptors (Lipinski definition) is 4. The molecule has 0 radical (unpaired) electrons. The minimum absolute atomic E-state index is 0.00367. The van der Waals surface area contributed by atoms with Gasteiger partial charge in [0.25, 0.3) is 0 Å². The number of carboxylic acids is 1. The summed E-state index contributed by atoms with van der Waals surface area (Å²) in [5, 5.41) is 17.0. The van der Waals surface area contributed by atoms with Gasteiger partial charge in [-0.3, -0.25) is 14.9 Å². The number of carbonyl (C=O) groups is 2. The minimum Gasteiger partial charge on any atom is -0.480 e. The van der Waals surface area contributed by atoms with Crippen LogP contribution < -0.4 is 10.6 Å². The molecule has 0 saturated heterocycles. The van der Waals surface area contributed by atoms with Crippen LogP contribution in [-0.2, 0) is 9.59 Å². The molecule has 0 aliphatic heterocycles. The van der Waals surface area contributed by atoms with Crippen LogP contribution in [0.3, 0.4) is 0 Å². The third-order valence-corrected chi connectivity index (χ3v) is 4.61. The van der Waals surface area contributed by atoms with Crippen molar-refractivity contribution < 1.29 is 14.7 Å². The van der Waals surface area contributed by atoms with Crippen LogP contribution in [0.5, 0.6) is 0 Å². The van der Waals surface area contributed by atoms with Gasteiger partial charge in [0.1, 0.15) is 5.54 Å². The van der Waals surface area contributed by atoms with E-state index < -0.39 is 11.5 Å². The number of carboxylic acid groups (broad SMARTS) is 1. The third kappa shape index (κ3) is 4.05. The van der Waals surface area contributed by atoms with Crippen LogP contribution in [0.25, 0.3) is 0 Å². The van der Waals surface area contributed by atoms with Crippen LogP contribution in [0.15, 0.2) is 17.5 Å². The SMILES string of the molecule is CCC(CC)(NCC(=O)NC(C)c1cccs1)C(=O)O. The molecule has 0 aromatic carbocycles. The Kier molecular flexibility index (Phi) is 6.16. The molecule has 1 unspecified atom stereocenters. The summed E-state index contributed by atoms with van der Waals surface area (Å²) >= 11 is 1.58. The van der Waals surface area contributed by atoms with Gasteiger partial charge in [-0.05, 0) is 31.2 Å². The van der Waals surface area contributed by atoms with E-state index in [1.54, 1.807) is 25.2 Å². The standard InChI is InChI=1S/C14H22N2O3S/c1-4-14(5-2,13(18)19)15-9-12(17)16-10(3)11-7-6-8-20-11/h6-8,10,15H,4-5,9H2,1-3H3,(H,16,17)(H,18,19). The second kappa shape index (κ2) is 7.40. The lowest BCUT2D eigenvalue weighted by Gasteiger charge is -2.28. The molecule has 0 fully saturated rings. The largest absolute Gasteiger partial charge is 0.480 e. The van der Waals surface area contributed by atoms with Gasteiger partial charge in [0, 0.05) is 4.88 Å². The molecule has 5 nitrogen and oxygen atoms in total. The first-order valence-corrected chi connectivity index (χ1v) is 7.64. The smallest absolute Gasteiger partial charge is 0.323 e. The van der Waals surface area contributed by atoms with Gasteiger partial charge < -0.3 is 10.4 Å². The van der Waals surface area contributed by atoms with Crippen molar-refractivity contribution in [3.8, 4) is 0 Å². The summed E-state index contributed by atoms with van der Waals surface area (Å²) in [7, 11) is 0. The molecule has 6 heteroatoms. The topological polar surface area (TPSA) is 78.4 Å². The summed E-state index contributed by atoms with van der Waals surface area (Å²) in [6, 6.07) is 3.83. The molecular formula is C14H22N2O3S. The highest BCUT2D eigenvalue weighted by Crippen LogP contribution is 2.18. The van der Waals surface area contributed by atoms with Crippen LogP contribution in [0.4, 0.5) is 0 Å². The first kappa shape index (κ1) is 16.7. The number of hydrogen-bond donors (Lipinski definition) is 3. The van der Waals surface area contributed by atoms with Crippen molar-refractivity contribution >= 4 is 23.2 Å². The van der Waals surface area contributed by atoms with Crippen LogP contribution in [0, 0.1) is 0 Å². The Bertz CT molecular complexity index is 441. The Morgan fingerprint density at radius 2 is 2.05 bits per heavy atom. The highest BCUT2D eigenvalue weighted by atomic mass is 32.1. The van der Waals surface area contributed by atoms with Gasteiger partial charge in [-0.25, -0.2) is 0 Å². The van der Waals surface area contributed by atoms with Gasteiger partial charge in [-0.1, -0.05) is 19.9 Å². The molecule has 112 valence electrons. The summed E-state index contributed by atoms with van der Waals surface area (Å²) in [5.74, 6) is -1.11. The zero-order chi connectivity index (χ0) is 15.2. The first-order chi connectivity index (χ1) is 9.45. The minimum atomic E-state index is -1.02. The maximum atomic E-state index is 11.9. The van der Waals surface area contributed by atoms with Gasteiger partial charge in [-0.15, -0.1) is 11.3 Å². The van der Waals surface area contributed by atoms with Crippen molar-refractivity contribution in [3.63, 3.8) is 0 Å². The Hall–Kier alpha value is -1.40. The Balaban J connectivity index is 2.52. The number of nitrogens with one attached hydrogen (secondary N) is 2. The van der Waals surface area contributed by atoms with E-state index in [-0.39, 0.29) is 18.5 Å². The van der Waals surface area contributed by atoms with Crippen molar-refractivity contribution in [1.29, 1.82) is 0 Å². The fourth-order valence-electron chi connectivity index (χ4n) is 2.03. The van der Waals surface area contributed by atoms with Gasteiger partial charge >= 0.3 is 5.97 Å². The third-order valence-electron chi connectivity index (χ3n) is 3.55. The maximum absolute atomic E-state index is 11.9. The average Bonchev–Trinajstić information content (AvgIpc) is 2.94. The van der Waals surface area contributed by atoms with E-state index in [1.807, 2.05) is 24.4 Å². The molecule has 20 heavy (non-hydrogen) atoms. The van der Waals surface area contributed by atoms with Crippen molar-refractivity contribution in [2.75, 3.05) is 6.54 Å². The molecule has 1 amide bonds. The van der Waals surface area contributed by atoms with Crippen molar-refractivity contribution in [2.24, 2.45) is 0 Å². The number of rotatable bonds is 8. The van der Waals surface area contributed by atoms with Gasteiger partial charge in [0.2, 0.25) is 5.91 Å². The Morgan fingerprint density at radius 1 is 1.40 bits per heavy atom. The van der Waals surface area contributed by atoms with Crippen molar-refractivity contribution in [3.05, 3.63) is 22.4 Å². The number of amides is 1. The first-order valence-electron chi connectivity index (χ1n) is 6.76. The predicted octanol–water partition coefficient (Wildman–Crippen LogP) is 2.16. The van der Waals surface area contributed by atoms with E-state index >= 15 is 0 Å². The number of aliphatic carboxylic acids is 1. The van der Waals surface area contributed by atoms with E-state index in [2.05, 4.69) is 10.6 Å². The average molecular weight is 298 g/mol. The molecule has 1 atom stereocenters. The van der Waals surface area contributed by atoms with Crippen molar-refractivity contribution in [2.45, 2.75) is 45.2 Å². The lowest BCUT2D eigenvalue weighted by atomic mass is 9.93. The molecular weight excluding hydrogens is 276 g/mol. The second-order valence-electron chi connectivity index (χ2n) is 4.75. The molecule has 1 heterocycles. The Morgan fingerprint density at radius 3 is 2.50 bits per heavy atom. The van der Waals surface area contributed by atoms with Gasteiger partial charge in [0.05, 0.1) is 12.6 Å². The molecule has 0 saturated carbocycles. The van der Waals surface area contributed by atoms with E-state index in [9.17, 15) is 14.7 Å². The molecule has 0 aliphatic carbocycles. The monoisotopic (exact) mass is 298 g/mol. The fourth-order valence-corrected chi connectivity index (χ4v) is 2.76. The van der Waals surface area contributed by atoms with Crippen LogP contribution >= 0.6 is 11.3 Å². The maximum Gasteiger partial charge on any atom is 0.323 e. The van der Waals surface area contributed by atoms with E-state index in [0.717, 1.165) is 4.88 Å². The molecule has 1 aromatic heterocycles. The summed E-state index contributed by atoms with van der Waals surface area (Å²) < 4.78 is 0. The second-order valence-corrected chi connectivity index (χ2v) is 5.73. The summed E-state index contributed by atoms with van der Waals surface area (Å²) in [6.45, 7) is 5.52. The predicted molar refractivity (Wildman–Crippen MR) is 79.8 cm³/mol. The lowest BCUT2D eigenvalue weighted by molar-refractivity contribution is -0.145. The summed E-state index contributed by atoms with van der Waals surface area (Å²) in [6.07, 6.45) is 0.874. The van der Waals surface area contributed by atoms with Crippen LogP contribution in [0.2, 0.25) is 0 Å². The fraction of sp³-hybridized carbons (Fsp3) is 0.571. The normalized spacial score (nSPS) is 12.9. The van der Waals surface area contributed by atoms with E-state index in [4.69, 9.17) is 0 Å². The van der Waals surface area contributed by atoms with Crippen molar-refractivity contribution in [1.82, 2.24) is 10.6 Å². The zero-order valence-electron chi connectivity index (χ0n) is 12.1. The lowest BCUT2D eigenvalue weighted by Crippen LogP contribution is -2.54. The molecule has 0 aliphatic rings. The molecule has 0 spiro atoms. The molecule has 1 aromatic rings. The van der Waals surface area contributed by atoms with Gasteiger partial charge in [0.15, 0.2) is 0 Å². The van der Waals surface area contributed by atoms with Gasteiger partial charge in [-0.2, -0.15) is 0 Å². The van der Waals surface area contributed by atoms with Crippen LogP contribution in [-0.4, -0.2) is 29.1 Å². The summed E-state index contributed by atoms with van der Waals surface area (Å²) in [5.41, 5.74) is -1.02. The number of carbonyl (C=O) groups excluding carboxylic acids is 1. The highest BCUT2D eigenvalue weighted by molar-refractivity contribution is 7.10. The molecule has 3 N–H and O–H groups in total. The van der Waals surface area contributed by atoms with E-state index in [1.165, 1.54) is 0 Å².